The molecule has 0 spiro atoms. The van der Waals surface area contributed by atoms with E-state index in [0.717, 1.165) is 0 Å². The number of rotatable bonds is 3. The third kappa shape index (κ3) is 3.07. The van der Waals surface area contributed by atoms with E-state index in [1.165, 1.54) is 0 Å². The smallest absolute Gasteiger partial charge is 0.232 e. The van der Waals surface area contributed by atoms with Crippen LogP contribution in [-0.2, 0) is 9.53 Å². The lowest BCUT2D eigenvalue weighted by Gasteiger charge is -2.34. The highest BCUT2D eigenvalue weighted by atomic mass is 35.5. The monoisotopic (exact) mass is 314 g/mol. The fourth-order valence-electron chi connectivity index (χ4n) is 2.52. The summed E-state index contributed by atoms with van der Waals surface area (Å²) in [7, 11) is 0. The Morgan fingerprint density at radius 2 is 1.95 bits per heavy atom. The van der Waals surface area contributed by atoms with Gasteiger partial charge in [-0.1, -0.05) is 0 Å². The molecule has 0 unspecified atom stereocenters. The summed E-state index contributed by atoms with van der Waals surface area (Å²) in [5, 5.41) is 2.92. The molecular formula is C14H19ClN2O4. The molecule has 2 aliphatic rings. The topological polar surface area (TPSA) is 82.8 Å². The number of nitrogens with one attached hydrogen (secondary N) is 1. The summed E-state index contributed by atoms with van der Waals surface area (Å²) in [5.74, 6) is 1.29. The van der Waals surface area contributed by atoms with Crippen molar-refractivity contribution < 1.29 is 19.0 Å². The normalized spacial score (nSPS) is 18.7. The van der Waals surface area contributed by atoms with E-state index >= 15 is 0 Å². The molecule has 3 rings (SSSR count). The zero-order valence-electron chi connectivity index (χ0n) is 11.6. The minimum atomic E-state index is -0.533. The summed E-state index contributed by atoms with van der Waals surface area (Å²) >= 11 is 0. The van der Waals surface area contributed by atoms with Gasteiger partial charge >= 0.3 is 0 Å². The number of benzene rings is 1. The predicted octanol–water partition coefficient (Wildman–Crippen LogP) is 1.53. The molecule has 0 bridgehead atoms. The lowest BCUT2D eigenvalue weighted by molar-refractivity contribution is -0.130. The van der Waals surface area contributed by atoms with E-state index < -0.39 is 5.41 Å². The van der Waals surface area contributed by atoms with Gasteiger partial charge in [-0.15, -0.1) is 12.4 Å². The first-order valence-corrected chi connectivity index (χ1v) is 6.72. The molecule has 0 saturated carbocycles. The average molecular weight is 315 g/mol. The zero-order valence-corrected chi connectivity index (χ0v) is 12.4. The highest BCUT2D eigenvalue weighted by molar-refractivity contribution is 5.95. The van der Waals surface area contributed by atoms with Gasteiger partial charge in [-0.25, -0.2) is 0 Å². The maximum atomic E-state index is 12.5. The number of hydrogen-bond donors (Lipinski definition) is 2. The van der Waals surface area contributed by atoms with Gasteiger partial charge in [-0.3, -0.25) is 4.79 Å². The van der Waals surface area contributed by atoms with Crippen LogP contribution in [0.3, 0.4) is 0 Å². The fourth-order valence-corrected chi connectivity index (χ4v) is 2.52. The van der Waals surface area contributed by atoms with Crippen molar-refractivity contribution in [3.63, 3.8) is 0 Å². The maximum Gasteiger partial charge on any atom is 0.232 e. The molecule has 116 valence electrons. The van der Waals surface area contributed by atoms with Crippen molar-refractivity contribution in [1.82, 2.24) is 0 Å². The Morgan fingerprint density at radius 3 is 2.67 bits per heavy atom. The Kier molecular flexibility index (Phi) is 4.92. The minimum Gasteiger partial charge on any atom is -0.454 e. The van der Waals surface area contributed by atoms with Crippen molar-refractivity contribution in [3.8, 4) is 11.5 Å². The Labute approximate surface area is 129 Å². The highest BCUT2D eigenvalue weighted by Crippen LogP contribution is 2.36. The number of amides is 1. The number of carbonyl (C=O) groups is 1. The predicted molar refractivity (Wildman–Crippen MR) is 80.0 cm³/mol. The summed E-state index contributed by atoms with van der Waals surface area (Å²) in [6.45, 7) is 1.70. The number of hydrogen-bond acceptors (Lipinski definition) is 5. The number of anilines is 1. The van der Waals surface area contributed by atoms with Gasteiger partial charge in [0.25, 0.3) is 0 Å². The maximum absolute atomic E-state index is 12.5. The van der Waals surface area contributed by atoms with Crippen molar-refractivity contribution in [2.75, 3.05) is 31.9 Å². The minimum absolute atomic E-state index is 0. The quantitative estimate of drug-likeness (QED) is 0.884. The molecule has 3 N–H and O–H groups in total. The number of ether oxygens (including phenoxy) is 3. The van der Waals surface area contributed by atoms with Crippen LogP contribution in [0.15, 0.2) is 18.2 Å². The van der Waals surface area contributed by atoms with Crippen LogP contribution in [0.2, 0.25) is 0 Å². The Morgan fingerprint density at radius 1 is 1.24 bits per heavy atom. The molecule has 0 atom stereocenters. The van der Waals surface area contributed by atoms with Crippen molar-refractivity contribution >= 4 is 24.0 Å². The summed E-state index contributed by atoms with van der Waals surface area (Å²) in [5.41, 5.74) is 5.98. The number of nitrogens with two attached hydrogens (primary N) is 1. The van der Waals surface area contributed by atoms with Gasteiger partial charge in [0.1, 0.15) is 0 Å². The molecule has 0 aliphatic carbocycles. The molecule has 6 nitrogen and oxygen atoms in total. The largest absolute Gasteiger partial charge is 0.454 e. The van der Waals surface area contributed by atoms with Gasteiger partial charge in [0.05, 0.1) is 5.41 Å². The van der Waals surface area contributed by atoms with E-state index in [0.29, 0.717) is 49.8 Å². The van der Waals surface area contributed by atoms with Crippen LogP contribution in [0.4, 0.5) is 5.69 Å². The van der Waals surface area contributed by atoms with Gasteiger partial charge < -0.3 is 25.3 Å². The van der Waals surface area contributed by atoms with Gasteiger partial charge in [0.2, 0.25) is 12.7 Å². The second-order valence-electron chi connectivity index (χ2n) is 5.12. The first-order valence-electron chi connectivity index (χ1n) is 6.72. The second-order valence-corrected chi connectivity index (χ2v) is 5.12. The van der Waals surface area contributed by atoms with E-state index in [-0.39, 0.29) is 25.1 Å². The molecule has 7 heteroatoms. The van der Waals surface area contributed by atoms with Gasteiger partial charge in [-0.05, 0) is 25.0 Å². The third-order valence-electron chi connectivity index (χ3n) is 3.95. The molecule has 2 aliphatic heterocycles. The molecule has 1 aromatic rings. The lowest BCUT2D eigenvalue weighted by Crippen LogP contribution is -2.46. The SMILES string of the molecule is Cl.NCC1(C(=O)Nc2ccc3c(c2)OCO3)CCOCC1. The van der Waals surface area contributed by atoms with Crippen LogP contribution < -0.4 is 20.5 Å². The Bertz CT molecular complexity index is 518. The number of carbonyl (C=O) groups excluding carboxylic acids is 1. The number of halogens is 1. The molecule has 21 heavy (non-hydrogen) atoms. The van der Waals surface area contributed by atoms with Crippen LogP contribution >= 0.6 is 12.4 Å². The van der Waals surface area contributed by atoms with Gasteiger partial charge in [-0.2, -0.15) is 0 Å². The molecule has 2 heterocycles. The van der Waals surface area contributed by atoms with Crippen LogP contribution in [0.25, 0.3) is 0 Å². The van der Waals surface area contributed by atoms with Crippen molar-refractivity contribution in [2.24, 2.45) is 11.1 Å². The zero-order chi connectivity index (χ0) is 14.0. The van der Waals surface area contributed by atoms with E-state index in [9.17, 15) is 4.79 Å². The van der Waals surface area contributed by atoms with E-state index in [1.54, 1.807) is 18.2 Å². The van der Waals surface area contributed by atoms with E-state index in [2.05, 4.69) is 5.32 Å². The molecule has 0 aromatic heterocycles. The summed E-state index contributed by atoms with van der Waals surface area (Å²) in [6, 6.07) is 5.36. The van der Waals surface area contributed by atoms with Crippen molar-refractivity contribution in [3.05, 3.63) is 18.2 Å². The molecule has 1 aromatic carbocycles. The average Bonchev–Trinajstić information content (AvgIpc) is 2.95. The molecular weight excluding hydrogens is 296 g/mol. The lowest BCUT2D eigenvalue weighted by atomic mass is 9.79. The van der Waals surface area contributed by atoms with Crippen molar-refractivity contribution in [2.45, 2.75) is 12.8 Å². The highest BCUT2D eigenvalue weighted by Gasteiger charge is 2.38. The first kappa shape index (κ1) is 15.9. The molecule has 1 fully saturated rings. The van der Waals surface area contributed by atoms with Crippen LogP contribution in [0.1, 0.15) is 12.8 Å². The van der Waals surface area contributed by atoms with Crippen molar-refractivity contribution in [1.29, 1.82) is 0 Å². The van der Waals surface area contributed by atoms with Gasteiger partial charge in [0.15, 0.2) is 11.5 Å². The fraction of sp³-hybridized carbons (Fsp3) is 0.500. The van der Waals surface area contributed by atoms with Crippen LogP contribution in [-0.4, -0.2) is 32.5 Å². The number of fused-ring (bicyclic) bond motifs is 1. The van der Waals surface area contributed by atoms with Gasteiger partial charge in [0, 0.05) is 31.5 Å². The summed E-state index contributed by atoms with van der Waals surface area (Å²) in [6.07, 6.45) is 1.31. The summed E-state index contributed by atoms with van der Waals surface area (Å²) in [4.78, 5) is 12.5. The third-order valence-corrected chi connectivity index (χ3v) is 3.95. The molecule has 1 saturated heterocycles. The van der Waals surface area contributed by atoms with E-state index in [1.807, 2.05) is 0 Å². The Balaban J connectivity index is 0.00000161. The first-order chi connectivity index (χ1) is 9.73. The van der Waals surface area contributed by atoms with Crippen LogP contribution in [0.5, 0.6) is 11.5 Å². The van der Waals surface area contributed by atoms with E-state index in [4.69, 9.17) is 19.9 Å². The molecule has 0 radical (unpaired) electrons. The second kappa shape index (κ2) is 6.51. The summed E-state index contributed by atoms with van der Waals surface area (Å²) < 4.78 is 15.9. The Hall–Kier alpha value is -1.50. The standard InChI is InChI=1S/C14H18N2O4.ClH/c15-8-14(3-5-18-6-4-14)13(17)16-10-1-2-11-12(7-10)20-9-19-11;/h1-2,7H,3-6,8-9,15H2,(H,16,17);1H. The van der Waals surface area contributed by atoms with Crippen LogP contribution in [0, 0.1) is 5.41 Å². The molecule has 1 amide bonds.